The van der Waals surface area contributed by atoms with Crippen molar-refractivity contribution in [2.45, 2.75) is 69.2 Å². The zero-order chi connectivity index (χ0) is 27.2. The Labute approximate surface area is 228 Å². The number of amides is 3. The van der Waals surface area contributed by atoms with Crippen LogP contribution in [0.1, 0.15) is 43.4 Å². The van der Waals surface area contributed by atoms with Gasteiger partial charge in [-0.3, -0.25) is 14.4 Å². The van der Waals surface area contributed by atoms with Crippen LogP contribution in [0.2, 0.25) is 0 Å². The van der Waals surface area contributed by atoms with E-state index >= 15 is 0 Å². The number of hydrogen-bond donors (Lipinski definition) is 3. The summed E-state index contributed by atoms with van der Waals surface area (Å²) >= 11 is 1.64. The Kier molecular flexibility index (Phi) is 7.31. The number of nitrogens with one attached hydrogen (secondary N) is 2. The van der Waals surface area contributed by atoms with Crippen LogP contribution in [0.4, 0.5) is 5.69 Å². The Bertz CT molecular complexity index is 1240. The molecular weight excluding hydrogens is 498 g/mol. The van der Waals surface area contributed by atoms with E-state index in [9.17, 15) is 19.5 Å². The number of carbonyl (C=O) groups excluding carboxylic acids is 3. The number of anilines is 1. The van der Waals surface area contributed by atoms with Crippen LogP contribution in [-0.4, -0.2) is 56.4 Å². The minimum Gasteiger partial charge on any atom is -0.394 e. The Morgan fingerprint density at radius 2 is 1.87 bits per heavy atom. The number of nitrogens with zero attached hydrogens (tertiary/aromatic N) is 1. The topological polar surface area (TPSA) is 98.7 Å². The van der Waals surface area contributed by atoms with Crippen molar-refractivity contribution in [3.05, 3.63) is 65.2 Å². The van der Waals surface area contributed by atoms with E-state index in [1.807, 2.05) is 76.2 Å². The van der Waals surface area contributed by atoms with Crippen molar-refractivity contribution < 1.29 is 19.5 Å². The number of likely N-dealkylation sites (tertiary alicyclic amines) is 1. The molecule has 3 aliphatic heterocycles. The first kappa shape index (κ1) is 26.8. The van der Waals surface area contributed by atoms with Crippen LogP contribution in [0.15, 0.2) is 48.5 Å². The summed E-state index contributed by atoms with van der Waals surface area (Å²) in [5.41, 5.74) is 3.69. The maximum atomic E-state index is 14.2. The number of rotatable bonds is 8. The van der Waals surface area contributed by atoms with Crippen molar-refractivity contribution in [1.29, 1.82) is 0 Å². The molecule has 0 aromatic heterocycles. The second-order valence-electron chi connectivity index (χ2n) is 11.3. The van der Waals surface area contributed by atoms with Crippen LogP contribution in [0.3, 0.4) is 0 Å². The molecule has 1 spiro atoms. The third-order valence-corrected chi connectivity index (χ3v) is 10.5. The Morgan fingerprint density at radius 1 is 1.13 bits per heavy atom. The van der Waals surface area contributed by atoms with Gasteiger partial charge in [-0.15, -0.1) is 11.8 Å². The number of aryl methyl sites for hydroxylation is 2. The summed E-state index contributed by atoms with van der Waals surface area (Å²) in [6, 6.07) is 14.4. The number of thioether (sulfide) groups is 1. The van der Waals surface area contributed by atoms with E-state index in [0.717, 1.165) is 28.8 Å². The van der Waals surface area contributed by atoms with Gasteiger partial charge in [-0.05, 0) is 55.4 Å². The van der Waals surface area contributed by atoms with Crippen LogP contribution < -0.4 is 10.6 Å². The molecule has 0 saturated carbocycles. The molecule has 7 nitrogen and oxygen atoms in total. The van der Waals surface area contributed by atoms with Gasteiger partial charge in [-0.25, -0.2) is 0 Å². The van der Waals surface area contributed by atoms with Crippen LogP contribution in [0, 0.1) is 31.6 Å². The molecule has 5 rings (SSSR count). The van der Waals surface area contributed by atoms with Gasteiger partial charge < -0.3 is 20.6 Å². The molecule has 2 bridgehead atoms. The third kappa shape index (κ3) is 4.41. The molecule has 3 heterocycles. The molecule has 202 valence electrons. The lowest BCUT2D eigenvalue weighted by Crippen LogP contribution is -2.56. The smallest absolute Gasteiger partial charge is 0.248 e. The molecular formula is C30H37N3O4S. The van der Waals surface area contributed by atoms with E-state index in [1.54, 1.807) is 16.7 Å². The number of fused-ring (bicyclic) bond motifs is 1. The molecule has 3 amide bonds. The fraction of sp³-hybridized carbons (Fsp3) is 0.500. The second-order valence-corrected chi connectivity index (χ2v) is 12.9. The van der Waals surface area contributed by atoms with Gasteiger partial charge in [0.1, 0.15) is 6.04 Å². The first-order valence-electron chi connectivity index (χ1n) is 13.5. The van der Waals surface area contributed by atoms with Crippen molar-refractivity contribution >= 4 is 35.2 Å². The Hall–Kier alpha value is -2.84. The summed E-state index contributed by atoms with van der Waals surface area (Å²) < 4.78 is -0.694. The summed E-state index contributed by atoms with van der Waals surface area (Å²) in [7, 11) is 0. The predicted octanol–water partition coefficient (Wildman–Crippen LogP) is 3.67. The zero-order valence-electron chi connectivity index (χ0n) is 22.4. The molecule has 3 N–H and O–H groups in total. The second kappa shape index (κ2) is 10.4. The largest absolute Gasteiger partial charge is 0.394 e. The molecule has 8 heteroatoms. The van der Waals surface area contributed by atoms with E-state index in [2.05, 4.69) is 10.6 Å². The van der Waals surface area contributed by atoms with E-state index in [1.165, 1.54) is 0 Å². The fourth-order valence-electron chi connectivity index (χ4n) is 6.64. The Balaban J connectivity index is 1.48. The van der Waals surface area contributed by atoms with Gasteiger partial charge in [0.15, 0.2) is 0 Å². The number of carbonyl (C=O) groups is 3. The van der Waals surface area contributed by atoms with Gasteiger partial charge in [0, 0.05) is 17.5 Å². The lowest BCUT2D eigenvalue weighted by Gasteiger charge is -2.38. The molecule has 3 aliphatic rings. The highest BCUT2D eigenvalue weighted by Gasteiger charge is 2.74. The highest BCUT2D eigenvalue weighted by Crippen LogP contribution is 2.66. The van der Waals surface area contributed by atoms with Crippen molar-refractivity contribution in [3.8, 4) is 0 Å². The molecule has 0 radical (unpaired) electrons. The molecule has 38 heavy (non-hydrogen) atoms. The molecule has 3 fully saturated rings. The summed E-state index contributed by atoms with van der Waals surface area (Å²) in [4.78, 5) is 43.5. The minimum atomic E-state index is -0.763. The maximum Gasteiger partial charge on any atom is 0.248 e. The van der Waals surface area contributed by atoms with E-state index in [-0.39, 0.29) is 35.5 Å². The maximum absolute atomic E-state index is 14.2. The summed E-state index contributed by atoms with van der Waals surface area (Å²) in [6.07, 6.45) is 1.48. The van der Waals surface area contributed by atoms with Gasteiger partial charge in [-0.2, -0.15) is 0 Å². The van der Waals surface area contributed by atoms with Crippen molar-refractivity contribution in [2.75, 3.05) is 11.9 Å². The molecule has 0 aliphatic carbocycles. The first-order chi connectivity index (χ1) is 18.2. The molecule has 3 saturated heterocycles. The molecule has 2 aromatic carbocycles. The Morgan fingerprint density at radius 3 is 2.55 bits per heavy atom. The average molecular weight is 536 g/mol. The average Bonchev–Trinajstić information content (AvgIpc) is 3.53. The van der Waals surface area contributed by atoms with E-state index < -0.39 is 28.7 Å². The highest BCUT2D eigenvalue weighted by atomic mass is 32.2. The van der Waals surface area contributed by atoms with E-state index in [0.29, 0.717) is 13.0 Å². The van der Waals surface area contributed by atoms with Crippen molar-refractivity contribution in [1.82, 2.24) is 10.2 Å². The summed E-state index contributed by atoms with van der Waals surface area (Å²) in [5, 5.41) is 16.5. The van der Waals surface area contributed by atoms with Gasteiger partial charge in [0.05, 0.1) is 29.2 Å². The van der Waals surface area contributed by atoms with Crippen molar-refractivity contribution in [2.24, 2.45) is 17.8 Å². The molecule has 2 aromatic rings. The van der Waals surface area contributed by atoms with Gasteiger partial charge in [0.2, 0.25) is 17.7 Å². The standard InChI is InChI=1S/C30H37N3O4S/c1-17(2)22(16-34)33-26(28(36)32-21-14-18(3)10-11-19(21)4)30-13-12-23(38-30)24(25(30)29(33)37)27(35)31-15-20-8-6-5-7-9-20/h5-11,14,17,22-26,34H,12-13,15-16H2,1-4H3,(H,31,35)(H,32,36)/t22-,23+,24-,25-,26?,30?/m0/s1. The SMILES string of the molecule is Cc1ccc(C)c(NC(=O)C2N([C@@H](CO)C(C)C)C(=O)[C@@H]3[C@@H](C(=O)NCc4ccccc4)[C@H]4CCC23S4)c1. The van der Waals surface area contributed by atoms with Gasteiger partial charge >= 0.3 is 0 Å². The summed E-state index contributed by atoms with van der Waals surface area (Å²) in [5.74, 6) is -1.71. The normalized spacial score (nSPS) is 28.5. The number of hydrogen-bond acceptors (Lipinski definition) is 5. The lowest BCUT2D eigenvalue weighted by atomic mass is 9.70. The monoisotopic (exact) mass is 535 g/mol. The predicted molar refractivity (Wildman–Crippen MR) is 150 cm³/mol. The van der Waals surface area contributed by atoms with Gasteiger partial charge in [-0.1, -0.05) is 56.3 Å². The van der Waals surface area contributed by atoms with Gasteiger partial charge in [0.25, 0.3) is 0 Å². The van der Waals surface area contributed by atoms with Crippen LogP contribution in [0.5, 0.6) is 0 Å². The minimum absolute atomic E-state index is 0.00972. The van der Waals surface area contributed by atoms with Crippen LogP contribution in [-0.2, 0) is 20.9 Å². The quantitative estimate of drug-likeness (QED) is 0.479. The summed E-state index contributed by atoms with van der Waals surface area (Å²) in [6.45, 7) is 7.98. The lowest BCUT2D eigenvalue weighted by molar-refractivity contribution is -0.143. The fourth-order valence-corrected chi connectivity index (χ4v) is 8.85. The first-order valence-corrected chi connectivity index (χ1v) is 14.4. The molecule has 6 atom stereocenters. The zero-order valence-corrected chi connectivity index (χ0v) is 23.3. The number of aliphatic hydroxyl groups is 1. The number of benzene rings is 2. The highest BCUT2D eigenvalue weighted by molar-refractivity contribution is 8.02. The van der Waals surface area contributed by atoms with E-state index in [4.69, 9.17) is 0 Å². The molecule has 2 unspecified atom stereocenters. The van der Waals surface area contributed by atoms with Crippen LogP contribution in [0.25, 0.3) is 0 Å². The third-order valence-electron chi connectivity index (χ3n) is 8.56. The van der Waals surface area contributed by atoms with Crippen LogP contribution >= 0.6 is 11.8 Å². The number of aliphatic hydroxyl groups excluding tert-OH is 1. The van der Waals surface area contributed by atoms with Crippen molar-refractivity contribution in [3.63, 3.8) is 0 Å².